The molecule has 0 bridgehead atoms. The molecule has 1 aromatic heterocycles. The normalized spacial score (nSPS) is 11.1. The van der Waals surface area contributed by atoms with Crippen LogP contribution in [0.15, 0.2) is 69.9 Å². The number of carbonyl (C=O) groups is 1. The molecule has 0 saturated heterocycles. The third kappa shape index (κ3) is 2.69. The predicted octanol–water partition coefficient (Wildman–Crippen LogP) is 3.94. The zero-order valence-electron chi connectivity index (χ0n) is 13.6. The third-order valence-corrected chi connectivity index (χ3v) is 4.41. The van der Waals surface area contributed by atoms with Crippen LogP contribution >= 0.6 is 0 Å². The highest BCUT2D eigenvalue weighted by atomic mass is 16.4. The second kappa shape index (κ2) is 6.04. The van der Waals surface area contributed by atoms with Crippen LogP contribution in [0.3, 0.4) is 0 Å². The van der Waals surface area contributed by atoms with Crippen LogP contribution in [0.25, 0.3) is 21.7 Å². The Kier molecular flexibility index (Phi) is 3.69. The topological polar surface area (TPSA) is 87.7 Å². The molecule has 4 rings (SSSR count). The van der Waals surface area contributed by atoms with E-state index in [1.807, 2.05) is 12.1 Å². The molecule has 0 aliphatic heterocycles. The Bertz CT molecular complexity index is 1220. The number of carboxylic acids is 1. The van der Waals surface area contributed by atoms with Gasteiger partial charge in [-0.1, -0.05) is 36.4 Å². The lowest BCUT2D eigenvalue weighted by Gasteiger charge is -2.08. The molecule has 0 aliphatic carbocycles. The largest absolute Gasteiger partial charge is 0.507 e. The van der Waals surface area contributed by atoms with Gasteiger partial charge in [0.05, 0.1) is 16.5 Å². The summed E-state index contributed by atoms with van der Waals surface area (Å²) in [5, 5.41) is 21.7. The molecular weight excluding hydrogens is 332 g/mol. The lowest BCUT2D eigenvalue weighted by Crippen LogP contribution is -2.08. The Hall–Kier alpha value is -3.60. The quantitative estimate of drug-likeness (QED) is 0.549. The number of hydrogen-bond acceptors (Lipinski definition) is 4. The first-order valence-corrected chi connectivity index (χ1v) is 8.02. The zero-order valence-corrected chi connectivity index (χ0v) is 13.6. The Morgan fingerprint density at radius 3 is 2.50 bits per heavy atom. The van der Waals surface area contributed by atoms with Crippen molar-refractivity contribution >= 4 is 27.7 Å². The summed E-state index contributed by atoms with van der Waals surface area (Å²) in [5.74, 6) is -1.05. The molecule has 2 N–H and O–H groups in total. The van der Waals surface area contributed by atoms with Crippen LogP contribution in [-0.2, 0) is 6.42 Å². The fraction of sp³-hybridized carbons (Fsp3) is 0.0476. The second-order valence-electron chi connectivity index (χ2n) is 6.09. The molecule has 0 aliphatic rings. The molecule has 0 radical (unpaired) electrons. The Morgan fingerprint density at radius 2 is 1.69 bits per heavy atom. The molecule has 0 spiro atoms. The van der Waals surface area contributed by atoms with E-state index in [9.17, 15) is 14.7 Å². The van der Waals surface area contributed by atoms with Crippen molar-refractivity contribution in [3.8, 4) is 5.75 Å². The fourth-order valence-corrected chi connectivity index (χ4v) is 3.07. The Morgan fingerprint density at radius 1 is 0.962 bits per heavy atom. The van der Waals surface area contributed by atoms with Crippen molar-refractivity contribution in [2.24, 2.45) is 0 Å². The number of benzene rings is 3. The van der Waals surface area contributed by atoms with Gasteiger partial charge >= 0.3 is 11.6 Å². The highest BCUT2D eigenvalue weighted by molar-refractivity contribution is 5.94. The van der Waals surface area contributed by atoms with Gasteiger partial charge in [-0.3, -0.25) is 0 Å². The lowest BCUT2D eigenvalue weighted by atomic mass is 9.99. The van der Waals surface area contributed by atoms with Crippen LogP contribution in [-0.4, -0.2) is 16.2 Å². The van der Waals surface area contributed by atoms with E-state index < -0.39 is 11.6 Å². The molecule has 0 atom stereocenters. The van der Waals surface area contributed by atoms with Crippen molar-refractivity contribution < 1.29 is 19.4 Å². The van der Waals surface area contributed by atoms with Crippen LogP contribution in [0.2, 0.25) is 0 Å². The van der Waals surface area contributed by atoms with E-state index in [1.54, 1.807) is 42.5 Å². The van der Waals surface area contributed by atoms with Crippen LogP contribution in [0, 0.1) is 0 Å². The molecule has 0 unspecified atom stereocenters. The highest BCUT2D eigenvalue weighted by Crippen LogP contribution is 2.28. The summed E-state index contributed by atoms with van der Waals surface area (Å²) in [6.07, 6.45) is 0.218. The van der Waals surface area contributed by atoms with Crippen molar-refractivity contribution in [2.75, 3.05) is 0 Å². The van der Waals surface area contributed by atoms with Crippen LogP contribution in [0.4, 0.5) is 0 Å². The summed E-state index contributed by atoms with van der Waals surface area (Å²) < 4.78 is 5.29. The summed E-state index contributed by atoms with van der Waals surface area (Å²) in [6.45, 7) is 0. The van der Waals surface area contributed by atoms with Crippen LogP contribution in [0.1, 0.15) is 21.5 Å². The van der Waals surface area contributed by atoms with E-state index in [0.717, 1.165) is 16.3 Å². The van der Waals surface area contributed by atoms with Gasteiger partial charge in [0.1, 0.15) is 11.3 Å². The number of carboxylic acid groups (broad SMARTS) is 1. The number of aromatic carboxylic acids is 1. The van der Waals surface area contributed by atoms with Crippen molar-refractivity contribution in [1.82, 2.24) is 0 Å². The molecule has 26 heavy (non-hydrogen) atoms. The van der Waals surface area contributed by atoms with Crippen molar-refractivity contribution in [3.05, 3.63) is 87.8 Å². The molecule has 0 saturated carbocycles. The number of para-hydroxylation sites is 1. The first-order chi connectivity index (χ1) is 12.5. The molecule has 5 nitrogen and oxygen atoms in total. The average molecular weight is 346 g/mol. The summed E-state index contributed by atoms with van der Waals surface area (Å²) >= 11 is 0. The maximum absolute atomic E-state index is 12.2. The molecule has 0 fully saturated rings. The van der Waals surface area contributed by atoms with Gasteiger partial charge in [0.2, 0.25) is 0 Å². The van der Waals surface area contributed by atoms with E-state index in [4.69, 9.17) is 9.52 Å². The van der Waals surface area contributed by atoms with E-state index in [-0.39, 0.29) is 23.3 Å². The number of fused-ring (bicyclic) bond motifs is 2. The smallest absolute Gasteiger partial charge is 0.343 e. The SMILES string of the molecule is O=C(O)c1ccc2cc(Cc3c(O)c4ccccc4oc3=O)ccc2c1. The zero-order chi connectivity index (χ0) is 18.3. The summed E-state index contributed by atoms with van der Waals surface area (Å²) in [4.78, 5) is 23.3. The third-order valence-electron chi connectivity index (χ3n) is 4.41. The standard InChI is InChI=1S/C21H14O5/c22-19-16-3-1-2-4-18(16)26-21(25)17(19)10-12-5-6-14-11-15(20(23)24)8-7-13(14)9-12/h1-9,11,22H,10H2,(H,23,24). The molecule has 1 heterocycles. The summed E-state index contributed by atoms with van der Waals surface area (Å²) in [7, 11) is 0. The van der Waals surface area contributed by atoms with E-state index in [2.05, 4.69) is 0 Å². The minimum Gasteiger partial charge on any atom is -0.507 e. The minimum atomic E-state index is -0.977. The first kappa shape index (κ1) is 15.9. The van der Waals surface area contributed by atoms with Crippen molar-refractivity contribution in [1.29, 1.82) is 0 Å². The van der Waals surface area contributed by atoms with Gasteiger partial charge in [-0.2, -0.15) is 0 Å². The Balaban J connectivity index is 1.78. The molecule has 4 aromatic rings. The average Bonchev–Trinajstić information content (AvgIpc) is 2.64. The van der Waals surface area contributed by atoms with Gasteiger partial charge in [0.15, 0.2) is 0 Å². The summed E-state index contributed by atoms with van der Waals surface area (Å²) in [5.41, 5.74) is 1.02. The molecule has 128 valence electrons. The summed E-state index contributed by atoms with van der Waals surface area (Å²) in [6, 6.07) is 17.2. The van der Waals surface area contributed by atoms with Crippen molar-refractivity contribution in [3.63, 3.8) is 0 Å². The Labute approximate surface area is 147 Å². The van der Waals surface area contributed by atoms with Crippen LogP contribution < -0.4 is 5.63 Å². The van der Waals surface area contributed by atoms with E-state index in [0.29, 0.717) is 11.0 Å². The number of aromatic hydroxyl groups is 1. The van der Waals surface area contributed by atoms with Gasteiger partial charge in [0.25, 0.3) is 0 Å². The van der Waals surface area contributed by atoms with Gasteiger partial charge in [0, 0.05) is 6.42 Å². The second-order valence-corrected chi connectivity index (χ2v) is 6.09. The maximum Gasteiger partial charge on any atom is 0.343 e. The molecular formula is C21H14O5. The van der Waals surface area contributed by atoms with E-state index in [1.165, 1.54) is 6.07 Å². The number of hydrogen-bond donors (Lipinski definition) is 2. The van der Waals surface area contributed by atoms with Gasteiger partial charge in [-0.05, 0) is 40.6 Å². The van der Waals surface area contributed by atoms with E-state index >= 15 is 0 Å². The molecule has 0 amide bonds. The molecule has 5 heteroatoms. The van der Waals surface area contributed by atoms with Gasteiger partial charge < -0.3 is 14.6 Å². The maximum atomic E-state index is 12.2. The first-order valence-electron chi connectivity index (χ1n) is 8.02. The van der Waals surface area contributed by atoms with Gasteiger partial charge in [-0.15, -0.1) is 0 Å². The lowest BCUT2D eigenvalue weighted by molar-refractivity contribution is 0.0697. The number of rotatable bonds is 3. The highest BCUT2D eigenvalue weighted by Gasteiger charge is 2.14. The fourth-order valence-electron chi connectivity index (χ4n) is 3.07. The van der Waals surface area contributed by atoms with Crippen molar-refractivity contribution in [2.45, 2.75) is 6.42 Å². The predicted molar refractivity (Wildman–Crippen MR) is 97.9 cm³/mol. The monoisotopic (exact) mass is 346 g/mol. The molecule has 3 aromatic carbocycles. The van der Waals surface area contributed by atoms with Crippen LogP contribution in [0.5, 0.6) is 5.75 Å². The minimum absolute atomic E-state index is 0.0711. The van der Waals surface area contributed by atoms with Gasteiger partial charge in [-0.25, -0.2) is 9.59 Å².